The molecule has 0 amide bonds. The van der Waals surface area contributed by atoms with Crippen molar-refractivity contribution in [3.05, 3.63) is 41.6 Å². The van der Waals surface area contributed by atoms with Gasteiger partial charge in [0.2, 0.25) is 0 Å². The molecule has 0 spiro atoms. The summed E-state index contributed by atoms with van der Waals surface area (Å²) < 4.78 is 0. The summed E-state index contributed by atoms with van der Waals surface area (Å²) >= 11 is 0. The van der Waals surface area contributed by atoms with E-state index in [1.165, 1.54) is 12.1 Å². The largest absolute Gasteiger partial charge is 0.507 e. The molecule has 0 bridgehead atoms. The third-order valence-corrected chi connectivity index (χ3v) is 2.63. The number of anilines is 3. The standard InChI is InChI=1S/C13H13N3O3/c1-7-10(14)3-5-12(15-7)16-8-2-4-11(17)9(6-8)13(18)19/h2-6,17H,14H2,1H3,(H,15,16)(H,18,19). The number of nitrogen functional groups attached to an aromatic ring is 1. The third-order valence-electron chi connectivity index (χ3n) is 2.63. The van der Waals surface area contributed by atoms with Gasteiger partial charge in [-0.25, -0.2) is 9.78 Å². The molecule has 6 heteroatoms. The van der Waals surface area contributed by atoms with Gasteiger partial charge in [0.25, 0.3) is 0 Å². The fourth-order valence-electron chi connectivity index (χ4n) is 1.57. The van der Waals surface area contributed by atoms with E-state index in [2.05, 4.69) is 10.3 Å². The highest BCUT2D eigenvalue weighted by atomic mass is 16.4. The van der Waals surface area contributed by atoms with E-state index in [0.717, 1.165) is 0 Å². The number of nitrogens with zero attached hydrogens (tertiary/aromatic N) is 1. The SMILES string of the molecule is Cc1nc(Nc2ccc(O)c(C(=O)O)c2)ccc1N. The molecule has 0 saturated carbocycles. The molecule has 1 aromatic carbocycles. The number of nitrogens with one attached hydrogen (secondary N) is 1. The summed E-state index contributed by atoms with van der Waals surface area (Å²) in [7, 11) is 0. The number of aromatic nitrogens is 1. The number of carboxylic acids is 1. The first-order valence-electron chi connectivity index (χ1n) is 5.54. The highest BCUT2D eigenvalue weighted by Gasteiger charge is 2.10. The molecule has 5 N–H and O–H groups in total. The Labute approximate surface area is 109 Å². The van der Waals surface area contributed by atoms with Crippen LogP contribution in [0.15, 0.2) is 30.3 Å². The zero-order chi connectivity index (χ0) is 14.0. The first-order chi connectivity index (χ1) is 8.97. The van der Waals surface area contributed by atoms with Gasteiger partial charge in [0.15, 0.2) is 0 Å². The number of carbonyl (C=O) groups is 1. The molecule has 6 nitrogen and oxygen atoms in total. The van der Waals surface area contributed by atoms with Gasteiger partial charge in [-0.1, -0.05) is 0 Å². The molecule has 0 radical (unpaired) electrons. The number of rotatable bonds is 3. The Kier molecular flexibility index (Phi) is 3.24. The molecule has 0 aliphatic heterocycles. The normalized spacial score (nSPS) is 10.2. The van der Waals surface area contributed by atoms with Gasteiger partial charge < -0.3 is 21.3 Å². The van der Waals surface area contributed by atoms with Crippen LogP contribution in [-0.2, 0) is 0 Å². The summed E-state index contributed by atoms with van der Waals surface area (Å²) in [6, 6.07) is 7.62. The minimum Gasteiger partial charge on any atom is -0.507 e. The van der Waals surface area contributed by atoms with Crippen LogP contribution in [0.3, 0.4) is 0 Å². The van der Waals surface area contributed by atoms with Crippen LogP contribution in [0, 0.1) is 6.92 Å². The zero-order valence-corrected chi connectivity index (χ0v) is 10.2. The number of aryl methyl sites for hydroxylation is 1. The number of benzene rings is 1. The molecule has 0 fully saturated rings. The Morgan fingerprint density at radius 2 is 2.05 bits per heavy atom. The summed E-state index contributed by atoms with van der Waals surface area (Å²) in [6.45, 7) is 1.78. The number of phenols is 1. The van der Waals surface area contributed by atoms with Gasteiger partial charge in [-0.15, -0.1) is 0 Å². The maximum atomic E-state index is 10.9. The van der Waals surface area contributed by atoms with E-state index >= 15 is 0 Å². The lowest BCUT2D eigenvalue weighted by Crippen LogP contribution is -2.01. The monoisotopic (exact) mass is 259 g/mol. The fraction of sp³-hybridized carbons (Fsp3) is 0.0769. The van der Waals surface area contributed by atoms with Crippen molar-refractivity contribution in [1.29, 1.82) is 0 Å². The van der Waals surface area contributed by atoms with Crippen molar-refractivity contribution >= 4 is 23.2 Å². The first-order valence-corrected chi connectivity index (χ1v) is 5.54. The number of carboxylic acid groups (broad SMARTS) is 1. The lowest BCUT2D eigenvalue weighted by atomic mass is 10.2. The fourth-order valence-corrected chi connectivity index (χ4v) is 1.57. The van der Waals surface area contributed by atoms with Crippen LogP contribution < -0.4 is 11.1 Å². The van der Waals surface area contributed by atoms with Gasteiger partial charge in [0.1, 0.15) is 17.1 Å². The number of aromatic hydroxyl groups is 1. The molecule has 0 saturated heterocycles. The van der Waals surface area contributed by atoms with Crippen molar-refractivity contribution in [3.8, 4) is 5.75 Å². The summed E-state index contributed by atoms with van der Waals surface area (Å²) in [5.74, 6) is -0.921. The summed E-state index contributed by atoms with van der Waals surface area (Å²) in [4.78, 5) is 15.1. The number of hydrogen-bond donors (Lipinski definition) is 4. The number of nitrogens with two attached hydrogens (primary N) is 1. The van der Waals surface area contributed by atoms with Crippen LogP contribution in [0.2, 0.25) is 0 Å². The van der Waals surface area contributed by atoms with Crippen molar-refractivity contribution in [2.75, 3.05) is 11.1 Å². The van der Waals surface area contributed by atoms with E-state index in [1.54, 1.807) is 25.1 Å². The molecule has 98 valence electrons. The van der Waals surface area contributed by atoms with Gasteiger partial charge in [-0.3, -0.25) is 0 Å². The molecule has 1 heterocycles. The Hall–Kier alpha value is -2.76. The molecule has 0 aliphatic rings. The predicted molar refractivity (Wildman–Crippen MR) is 71.7 cm³/mol. The Bertz CT molecular complexity index is 641. The van der Waals surface area contributed by atoms with E-state index in [1.807, 2.05) is 0 Å². The quantitative estimate of drug-likeness (QED) is 0.629. The average molecular weight is 259 g/mol. The summed E-state index contributed by atoms with van der Waals surface area (Å²) in [5, 5.41) is 21.3. The van der Waals surface area contributed by atoms with Gasteiger partial charge in [-0.05, 0) is 37.3 Å². The van der Waals surface area contributed by atoms with Gasteiger partial charge in [0.05, 0.1) is 11.4 Å². The van der Waals surface area contributed by atoms with Crippen molar-refractivity contribution < 1.29 is 15.0 Å². The number of aromatic carboxylic acids is 1. The first kappa shape index (κ1) is 12.7. The summed E-state index contributed by atoms with van der Waals surface area (Å²) in [5.41, 5.74) is 7.28. The lowest BCUT2D eigenvalue weighted by molar-refractivity contribution is 0.0694. The number of hydrogen-bond acceptors (Lipinski definition) is 5. The van der Waals surface area contributed by atoms with Gasteiger partial charge >= 0.3 is 5.97 Å². The van der Waals surface area contributed by atoms with Crippen molar-refractivity contribution in [3.63, 3.8) is 0 Å². The van der Waals surface area contributed by atoms with Crippen molar-refractivity contribution in [1.82, 2.24) is 4.98 Å². The highest BCUT2D eigenvalue weighted by Crippen LogP contribution is 2.24. The Balaban J connectivity index is 2.30. The molecular weight excluding hydrogens is 246 g/mol. The molecule has 2 rings (SSSR count). The minimum absolute atomic E-state index is 0.169. The van der Waals surface area contributed by atoms with E-state index < -0.39 is 5.97 Å². The van der Waals surface area contributed by atoms with Crippen molar-refractivity contribution in [2.24, 2.45) is 0 Å². The number of pyridine rings is 1. The van der Waals surface area contributed by atoms with E-state index in [-0.39, 0.29) is 11.3 Å². The van der Waals surface area contributed by atoms with Crippen LogP contribution in [0.5, 0.6) is 5.75 Å². The third kappa shape index (κ3) is 2.74. The second-order valence-corrected chi connectivity index (χ2v) is 4.03. The van der Waals surface area contributed by atoms with Gasteiger partial charge in [0, 0.05) is 5.69 Å². The molecule has 19 heavy (non-hydrogen) atoms. The molecule has 1 aromatic heterocycles. The van der Waals surface area contributed by atoms with E-state index in [0.29, 0.717) is 22.9 Å². The second kappa shape index (κ2) is 4.85. The summed E-state index contributed by atoms with van der Waals surface area (Å²) in [6.07, 6.45) is 0. The van der Waals surface area contributed by atoms with E-state index in [9.17, 15) is 9.90 Å². The molecule has 2 aromatic rings. The maximum absolute atomic E-state index is 10.9. The maximum Gasteiger partial charge on any atom is 0.339 e. The van der Waals surface area contributed by atoms with Crippen LogP contribution in [-0.4, -0.2) is 21.2 Å². The smallest absolute Gasteiger partial charge is 0.339 e. The average Bonchev–Trinajstić information content (AvgIpc) is 2.36. The van der Waals surface area contributed by atoms with E-state index in [4.69, 9.17) is 10.8 Å². The van der Waals surface area contributed by atoms with Crippen LogP contribution in [0.4, 0.5) is 17.2 Å². The highest BCUT2D eigenvalue weighted by molar-refractivity contribution is 5.92. The van der Waals surface area contributed by atoms with Crippen LogP contribution in [0.1, 0.15) is 16.1 Å². The molecular formula is C13H13N3O3. The topological polar surface area (TPSA) is 108 Å². The predicted octanol–water partition coefficient (Wildman–Crippen LogP) is 2.12. The molecule has 0 aliphatic carbocycles. The Morgan fingerprint density at radius 1 is 1.32 bits per heavy atom. The molecule has 0 atom stereocenters. The Morgan fingerprint density at radius 3 is 2.68 bits per heavy atom. The zero-order valence-electron chi connectivity index (χ0n) is 10.2. The lowest BCUT2D eigenvalue weighted by Gasteiger charge is -2.09. The molecule has 0 unspecified atom stereocenters. The second-order valence-electron chi connectivity index (χ2n) is 4.03. The van der Waals surface area contributed by atoms with Crippen LogP contribution >= 0.6 is 0 Å². The minimum atomic E-state index is -1.19. The van der Waals surface area contributed by atoms with Gasteiger partial charge in [-0.2, -0.15) is 0 Å². The van der Waals surface area contributed by atoms with Crippen molar-refractivity contribution in [2.45, 2.75) is 6.92 Å². The van der Waals surface area contributed by atoms with Crippen LogP contribution in [0.25, 0.3) is 0 Å².